The molecule has 1 aliphatic heterocycles. The summed E-state index contributed by atoms with van der Waals surface area (Å²) in [6.45, 7) is 3.41. The molecule has 1 saturated carbocycles. The Kier molecular flexibility index (Phi) is 5.44. The van der Waals surface area contributed by atoms with E-state index in [0.717, 1.165) is 22.5 Å². The number of nitrogens with zero attached hydrogens (tertiary/aromatic N) is 2. The lowest BCUT2D eigenvalue weighted by Gasteiger charge is -2.16. The summed E-state index contributed by atoms with van der Waals surface area (Å²) >= 11 is 0. The minimum atomic E-state index is -0.209. The maximum Gasteiger partial charge on any atom is 0.306 e. The van der Waals surface area contributed by atoms with Crippen molar-refractivity contribution in [3.63, 3.8) is 0 Å². The first-order valence-corrected chi connectivity index (χ1v) is 12.3. The van der Waals surface area contributed by atoms with Crippen LogP contribution in [0.25, 0.3) is 16.7 Å². The molecule has 3 aromatic carbocycles. The lowest BCUT2D eigenvalue weighted by molar-refractivity contribution is -0.141. The zero-order valence-electron chi connectivity index (χ0n) is 20.1. The van der Waals surface area contributed by atoms with Crippen LogP contribution in [0.15, 0.2) is 60.7 Å². The van der Waals surface area contributed by atoms with E-state index in [4.69, 9.17) is 14.5 Å². The molecule has 0 radical (unpaired) electrons. The van der Waals surface area contributed by atoms with Gasteiger partial charge in [-0.05, 0) is 55.2 Å². The largest absolute Gasteiger partial charge is 0.493 e. The van der Waals surface area contributed by atoms with Gasteiger partial charge in [0.1, 0.15) is 11.6 Å². The predicted octanol–water partition coefficient (Wildman–Crippen LogP) is 5.86. The van der Waals surface area contributed by atoms with Crippen LogP contribution in [0.1, 0.15) is 53.6 Å². The Bertz CT molecular complexity index is 1420. The number of para-hydroxylation sites is 2. The van der Waals surface area contributed by atoms with Gasteiger partial charge in [-0.25, -0.2) is 4.98 Å². The van der Waals surface area contributed by atoms with Crippen molar-refractivity contribution in [1.82, 2.24) is 9.55 Å². The van der Waals surface area contributed by atoms with Crippen molar-refractivity contribution in [2.45, 2.75) is 44.6 Å². The molecule has 35 heavy (non-hydrogen) atoms. The molecule has 1 aliphatic carbocycles. The van der Waals surface area contributed by atoms with Crippen LogP contribution in [-0.4, -0.2) is 29.2 Å². The number of rotatable bonds is 7. The first-order valence-electron chi connectivity index (χ1n) is 12.3. The molecule has 0 saturated heterocycles. The monoisotopic (exact) mass is 467 g/mol. The van der Waals surface area contributed by atoms with E-state index >= 15 is 0 Å². The highest BCUT2D eigenvalue weighted by Gasteiger charge is 2.30. The number of carbonyl (C=O) groups excluding carboxylic acids is 1. The van der Waals surface area contributed by atoms with Gasteiger partial charge in [0.15, 0.2) is 0 Å². The van der Waals surface area contributed by atoms with Crippen LogP contribution in [0, 0.1) is 6.92 Å². The minimum Gasteiger partial charge on any atom is -0.493 e. The number of imidazole rings is 1. The smallest absolute Gasteiger partial charge is 0.306 e. The van der Waals surface area contributed by atoms with Crippen LogP contribution in [0.4, 0.5) is 5.69 Å². The van der Waals surface area contributed by atoms with E-state index in [-0.39, 0.29) is 11.9 Å². The Morgan fingerprint density at radius 2 is 2.00 bits per heavy atom. The van der Waals surface area contributed by atoms with Crippen molar-refractivity contribution in [3.05, 3.63) is 83.2 Å². The van der Waals surface area contributed by atoms with E-state index in [9.17, 15) is 4.79 Å². The van der Waals surface area contributed by atoms with Gasteiger partial charge >= 0.3 is 5.97 Å². The highest BCUT2D eigenvalue weighted by molar-refractivity contribution is 5.79. The van der Waals surface area contributed by atoms with Crippen molar-refractivity contribution < 1.29 is 14.3 Å². The molecule has 0 bridgehead atoms. The van der Waals surface area contributed by atoms with Crippen molar-refractivity contribution in [2.24, 2.45) is 0 Å². The highest BCUT2D eigenvalue weighted by atomic mass is 16.5. The lowest BCUT2D eigenvalue weighted by atomic mass is 9.97. The number of fused-ring (bicyclic) bond motifs is 2. The van der Waals surface area contributed by atoms with Gasteiger partial charge in [-0.15, -0.1) is 0 Å². The number of ether oxygens (including phenoxy) is 2. The molecule has 6 heteroatoms. The molecule has 6 nitrogen and oxygen atoms in total. The lowest BCUT2D eigenvalue weighted by Crippen LogP contribution is -2.09. The van der Waals surface area contributed by atoms with Gasteiger partial charge in [0.05, 0.1) is 36.9 Å². The molecule has 2 aliphatic rings. The van der Waals surface area contributed by atoms with Gasteiger partial charge in [-0.3, -0.25) is 9.36 Å². The third-order valence-electron chi connectivity index (χ3n) is 7.20. The summed E-state index contributed by atoms with van der Waals surface area (Å²) < 4.78 is 13.0. The van der Waals surface area contributed by atoms with Crippen molar-refractivity contribution in [3.8, 4) is 11.4 Å². The zero-order chi connectivity index (χ0) is 23.9. The molecule has 1 atom stereocenters. The second-order valence-electron chi connectivity index (χ2n) is 9.52. The Labute approximate surface area is 204 Å². The number of hydrogen-bond donors (Lipinski definition) is 1. The van der Waals surface area contributed by atoms with Gasteiger partial charge in [0.25, 0.3) is 0 Å². The zero-order valence-corrected chi connectivity index (χ0v) is 20.1. The molecule has 1 fully saturated rings. The number of esters is 1. The van der Waals surface area contributed by atoms with Crippen LogP contribution >= 0.6 is 0 Å². The number of hydrogen-bond acceptors (Lipinski definition) is 5. The summed E-state index contributed by atoms with van der Waals surface area (Å²) in [5.74, 6) is 2.42. The molecule has 1 N–H and O–H groups in total. The Morgan fingerprint density at radius 1 is 1.14 bits per heavy atom. The average Bonchev–Trinajstić information content (AvgIpc) is 3.55. The summed E-state index contributed by atoms with van der Waals surface area (Å²) in [4.78, 5) is 16.7. The number of benzene rings is 3. The molecule has 6 rings (SSSR count). The van der Waals surface area contributed by atoms with Gasteiger partial charge < -0.3 is 14.8 Å². The summed E-state index contributed by atoms with van der Waals surface area (Å²) in [5, 5.41) is 3.56. The first kappa shape index (κ1) is 21.7. The molecule has 4 aromatic rings. The van der Waals surface area contributed by atoms with Crippen LogP contribution in [0.2, 0.25) is 0 Å². The van der Waals surface area contributed by atoms with Gasteiger partial charge in [0, 0.05) is 35.7 Å². The Hall–Kier alpha value is -3.80. The van der Waals surface area contributed by atoms with E-state index in [2.05, 4.69) is 71.4 Å². The first-order chi connectivity index (χ1) is 17.1. The second-order valence-corrected chi connectivity index (χ2v) is 9.52. The number of aromatic nitrogens is 2. The second kappa shape index (κ2) is 8.77. The number of nitrogens with one attached hydrogen (secondary N) is 1. The maximum absolute atomic E-state index is 11.7. The Balaban J connectivity index is 1.25. The third kappa shape index (κ3) is 4.03. The topological polar surface area (TPSA) is 65.4 Å². The molecule has 0 amide bonds. The molecule has 1 aromatic heterocycles. The fraction of sp³-hybridized carbons (Fsp3) is 0.310. The summed E-state index contributed by atoms with van der Waals surface area (Å²) in [6, 6.07) is 21.1. The minimum absolute atomic E-state index is 0.0519. The molecular formula is C29H29N3O3. The fourth-order valence-electron chi connectivity index (χ4n) is 5.05. The van der Waals surface area contributed by atoms with E-state index in [0.29, 0.717) is 25.5 Å². The van der Waals surface area contributed by atoms with E-state index in [1.165, 1.54) is 48.1 Å². The van der Waals surface area contributed by atoms with Crippen LogP contribution in [-0.2, 0) is 16.1 Å². The number of anilines is 1. The fourth-order valence-corrected chi connectivity index (χ4v) is 5.05. The normalized spacial score (nSPS) is 16.7. The summed E-state index contributed by atoms with van der Waals surface area (Å²) in [5.41, 5.74) is 7.98. The van der Waals surface area contributed by atoms with E-state index < -0.39 is 0 Å². The number of methoxy groups -OCH3 is 1. The SMILES string of the molecule is COC(=O)C[C@@H]1COc2cc(NCc3cccc(-n4c(C5CC5)nc5ccccc54)c3C)ccc21. The van der Waals surface area contributed by atoms with Crippen LogP contribution < -0.4 is 10.1 Å². The summed E-state index contributed by atoms with van der Waals surface area (Å²) in [6.07, 6.45) is 2.77. The molecule has 0 unspecified atom stereocenters. The predicted molar refractivity (Wildman–Crippen MR) is 136 cm³/mol. The summed E-state index contributed by atoms with van der Waals surface area (Å²) in [7, 11) is 1.42. The molecule has 178 valence electrons. The highest BCUT2D eigenvalue weighted by Crippen LogP contribution is 2.42. The van der Waals surface area contributed by atoms with E-state index in [1.54, 1.807) is 0 Å². The third-order valence-corrected chi connectivity index (χ3v) is 7.20. The van der Waals surface area contributed by atoms with Gasteiger partial charge in [-0.2, -0.15) is 0 Å². The van der Waals surface area contributed by atoms with Crippen LogP contribution in [0.3, 0.4) is 0 Å². The standard InChI is InChI=1S/C29H29N3O3/c1-18-20(16-30-22-12-13-23-21(14-28(33)34-2)17-35-27(23)15-22)6-5-9-25(18)32-26-8-4-3-7-24(26)31-29(32)19-10-11-19/h3-9,12-13,15,19,21,30H,10-11,14,16-17H2,1-2H3/t21-/m1/s1. The van der Waals surface area contributed by atoms with Crippen molar-refractivity contribution in [2.75, 3.05) is 19.0 Å². The van der Waals surface area contributed by atoms with Crippen LogP contribution in [0.5, 0.6) is 5.75 Å². The van der Waals surface area contributed by atoms with Gasteiger partial charge in [0.2, 0.25) is 0 Å². The Morgan fingerprint density at radius 3 is 2.83 bits per heavy atom. The molecule has 0 spiro atoms. The maximum atomic E-state index is 11.7. The average molecular weight is 468 g/mol. The quantitative estimate of drug-likeness (QED) is 0.345. The number of carbonyl (C=O) groups is 1. The molecule has 2 heterocycles. The van der Waals surface area contributed by atoms with Crippen molar-refractivity contribution >= 4 is 22.7 Å². The van der Waals surface area contributed by atoms with E-state index in [1.807, 2.05) is 6.07 Å². The molecular weight excluding hydrogens is 438 g/mol. The van der Waals surface area contributed by atoms with Gasteiger partial charge in [-0.1, -0.05) is 30.3 Å². The van der Waals surface area contributed by atoms with Crippen molar-refractivity contribution in [1.29, 1.82) is 0 Å².